The number of halogens is 1. The van der Waals surface area contributed by atoms with Gasteiger partial charge in [-0.25, -0.2) is 9.07 Å². The summed E-state index contributed by atoms with van der Waals surface area (Å²) >= 11 is 0. The van der Waals surface area contributed by atoms with E-state index < -0.39 is 5.91 Å². The topological polar surface area (TPSA) is 102 Å². The van der Waals surface area contributed by atoms with Gasteiger partial charge in [0, 0.05) is 13.1 Å². The van der Waals surface area contributed by atoms with Crippen LogP contribution in [0.1, 0.15) is 26.7 Å². The monoisotopic (exact) mass is 357 g/mol. The number of hydrogen-bond donors (Lipinski definition) is 2. The SMILES string of the molecule is Cc1c(C(=O)NCCNC(=O)c2ccco2)nnn1-c1ccc(F)cc1. The molecule has 0 aliphatic carbocycles. The molecule has 0 radical (unpaired) electrons. The first kappa shape index (κ1) is 17.3. The second kappa shape index (κ2) is 7.60. The Bertz CT molecular complexity index is 903. The van der Waals surface area contributed by atoms with Crippen LogP contribution >= 0.6 is 0 Å². The molecule has 0 saturated carbocycles. The molecule has 3 rings (SSSR count). The van der Waals surface area contributed by atoms with Gasteiger partial charge in [0.25, 0.3) is 11.8 Å². The van der Waals surface area contributed by atoms with Crippen LogP contribution in [0.25, 0.3) is 5.69 Å². The summed E-state index contributed by atoms with van der Waals surface area (Å²) in [6.07, 6.45) is 1.41. The van der Waals surface area contributed by atoms with Crippen molar-refractivity contribution in [3.05, 3.63) is 65.6 Å². The van der Waals surface area contributed by atoms with Crippen molar-refractivity contribution in [1.29, 1.82) is 0 Å². The van der Waals surface area contributed by atoms with Gasteiger partial charge in [-0.05, 0) is 43.3 Å². The van der Waals surface area contributed by atoms with E-state index in [4.69, 9.17) is 4.42 Å². The molecular weight excluding hydrogens is 341 g/mol. The van der Waals surface area contributed by atoms with Crippen LogP contribution in [0.15, 0.2) is 47.1 Å². The molecular formula is C17H16FN5O3. The van der Waals surface area contributed by atoms with Gasteiger partial charge in [0.2, 0.25) is 0 Å². The number of carbonyl (C=O) groups excluding carboxylic acids is 2. The third-order valence-electron chi connectivity index (χ3n) is 3.62. The van der Waals surface area contributed by atoms with Gasteiger partial charge >= 0.3 is 0 Å². The summed E-state index contributed by atoms with van der Waals surface area (Å²) in [4.78, 5) is 23.9. The number of hydrogen-bond acceptors (Lipinski definition) is 5. The molecule has 0 aliphatic heterocycles. The molecule has 2 aromatic heterocycles. The minimum Gasteiger partial charge on any atom is -0.459 e. The van der Waals surface area contributed by atoms with Gasteiger partial charge in [-0.3, -0.25) is 9.59 Å². The Balaban J connectivity index is 1.55. The Labute approximate surface area is 148 Å². The smallest absolute Gasteiger partial charge is 0.287 e. The maximum atomic E-state index is 13.0. The molecule has 2 heterocycles. The second-order valence-corrected chi connectivity index (χ2v) is 5.40. The Morgan fingerprint density at radius 1 is 1.12 bits per heavy atom. The van der Waals surface area contributed by atoms with Crippen LogP contribution in [-0.4, -0.2) is 39.9 Å². The summed E-state index contributed by atoms with van der Waals surface area (Å²) in [7, 11) is 0. The van der Waals surface area contributed by atoms with E-state index in [1.165, 1.54) is 23.1 Å². The normalized spacial score (nSPS) is 10.5. The lowest BCUT2D eigenvalue weighted by Gasteiger charge is -2.06. The summed E-state index contributed by atoms with van der Waals surface area (Å²) in [5.41, 5.74) is 1.28. The molecule has 0 bridgehead atoms. The number of carbonyl (C=O) groups is 2. The lowest BCUT2D eigenvalue weighted by atomic mass is 10.3. The largest absolute Gasteiger partial charge is 0.459 e. The molecule has 26 heavy (non-hydrogen) atoms. The molecule has 2 amide bonds. The highest BCUT2D eigenvalue weighted by atomic mass is 19.1. The molecule has 0 fully saturated rings. The van der Waals surface area contributed by atoms with Gasteiger partial charge in [-0.15, -0.1) is 5.10 Å². The fourth-order valence-electron chi connectivity index (χ4n) is 2.30. The highest BCUT2D eigenvalue weighted by Gasteiger charge is 2.17. The first-order valence-electron chi connectivity index (χ1n) is 7.84. The number of rotatable bonds is 6. The quantitative estimate of drug-likeness (QED) is 0.651. The number of nitrogens with one attached hydrogen (secondary N) is 2. The average Bonchev–Trinajstić information content (AvgIpc) is 3.29. The third-order valence-corrected chi connectivity index (χ3v) is 3.62. The van der Waals surface area contributed by atoms with Crippen molar-refractivity contribution in [2.24, 2.45) is 0 Å². The standard InChI is InChI=1S/C17H16FN5O3/c1-11-15(21-22-23(11)13-6-4-12(18)5-7-13)17(25)20-9-8-19-16(24)14-3-2-10-26-14/h2-7,10H,8-9H2,1H3,(H,19,24)(H,20,25). The summed E-state index contributed by atoms with van der Waals surface area (Å²) < 4.78 is 19.4. The van der Waals surface area contributed by atoms with E-state index in [1.54, 1.807) is 31.2 Å². The number of benzene rings is 1. The molecule has 1 aromatic carbocycles. The van der Waals surface area contributed by atoms with Crippen LogP contribution < -0.4 is 10.6 Å². The van der Waals surface area contributed by atoms with Crippen molar-refractivity contribution in [1.82, 2.24) is 25.6 Å². The van der Waals surface area contributed by atoms with Crippen LogP contribution in [0.2, 0.25) is 0 Å². The predicted molar refractivity (Wildman–Crippen MR) is 89.4 cm³/mol. The molecule has 0 atom stereocenters. The maximum absolute atomic E-state index is 13.0. The molecule has 0 unspecified atom stereocenters. The van der Waals surface area contributed by atoms with E-state index in [9.17, 15) is 14.0 Å². The third kappa shape index (κ3) is 3.77. The van der Waals surface area contributed by atoms with E-state index in [0.717, 1.165) is 0 Å². The summed E-state index contributed by atoms with van der Waals surface area (Å²) in [5.74, 6) is -0.929. The Kier molecular flexibility index (Phi) is 5.07. The van der Waals surface area contributed by atoms with Crippen molar-refractivity contribution >= 4 is 11.8 Å². The molecule has 0 spiro atoms. The zero-order chi connectivity index (χ0) is 18.5. The van der Waals surface area contributed by atoms with E-state index in [2.05, 4.69) is 20.9 Å². The van der Waals surface area contributed by atoms with Gasteiger partial charge in [-0.1, -0.05) is 5.21 Å². The molecule has 134 valence electrons. The van der Waals surface area contributed by atoms with E-state index >= 15 is 0 Å². The highest BCUT2D eigenvalue weighted by Crippen LogP contribution is 2.12. The van der Waals surface area contributed by atoms with Crippen molar-refractivity contribution < 1.29 is 18.4 Å². The molecule has 8 nitrogen and oxygen atoms in total. The van der Waals surface area contributed by atoms with Gasteiger partial charge in [0.15, 0.2) is 11.5 Å². The molecule has 0 aliphatic rings. The molecule has 0 saturated heterocycles. The maximum Gasteiger partial charge on any atom is 0.287 e. The molecule has 9 heteroatoms. The van der Waals surface area contributed by atoms with Crippen LogP contribution in [0.5, 0.6) is 0 Å². The van der Waals surface area contributed by atoms with Crippen LogP contribution in [-0.2, 0) is 0 Å². The lowest BCUT2D eigenvalue weighted by molar-refractivity contribution is 0.0909. The first-order valence-corrected chi connectivity index (χ1v) is 7.84. The Morgan fingerprint density at radius 3 is 2.46 bits per heavy atom. The van der Waals surface area contributed by atoms with Gasteiger partial charge in [0.05, 0.1) is 17.6 Å². The van der Waals surface area contributed by atoms with E-state index in [-0.39, 0.29) is 36.3 Å². The minimum atomic E-state index is -0.414. The van der Waals surface area contributed by atoms with Crippen molar-refractivity contribution in [3.8, 4) is 5.69 Å². The zero-order valence-corrected chi connectivity index (χ0v) is 13.9. The number of amides is 2. The van der Waals surface area contributed by atoms with Gasteiger partial charge in [0.1, 0.15) is 5.82 Å². The van der Waals surface area contributed by atoms with Gasteiger partial charge < -0.3 is 15.1 Å². The zero-order valence-electron chi connectivity index (χ0n) is 13.9. The predicted octanol–water partition coefficient (Wildman–Crippen LogP) is 1.47. The minimum absolute atomic E-state index is 0.159. The fraction of sp³-hybridized carbons (Fsp3) is 0.176. The Hall–Kier alpha value is -3.49. The Morgan fingerprint density at radius 2 is 1.81 bits per heavy atom. The first-order chi connectivity index (χ1) is 12.6. The van der Waals surface area contributed by atoms with E-state index in [1.807, 2.05) is 0 Å². The number of aromatic nitrogens is 3. The van der Waals surface area contributed by atoms with Crippen molar-refractivity contribution in [3.63, 3.8) is 0 Å². The number of furan rings is 1. The van der Waals surface area contributed by atoms with E-state index in [0.29, 0.717) is 11.4 Å². The van der Waals surface area contributed by atoms with Crippen molar-refractivity contribution in [2.45, 2.75) is 6.92 Å². The number of nitrogens with zero attached hydrogens (tertiary/aromatic N) is 3. The van der Waals surface area contributed by atoms with Gasteiger partial charge in [-0.2, -0.15) is 0 Å². The molecule has 2 N–H and O–H groups in total. The van der Waals surface area contributed by atoms with Crippen LogP contribution in [0, 0.1) is 12.7 Å². The van der Waals surface area contributed by atoms with Crippen LogP contribution in [0.4, 0.5) is 4.39 Å². The van der Waals surface area contributed by atoms with Crippen LogP contribution in [0.3, 0.4) is 0 Å². The molecule has 3 aromatic rings. The second-order valence-electron chi connectivity index (χ2n) is 5.40. The average molecular weight is 357 g/mol. The summed E-state index contributed by atoms with van der Waals surface area (Å²) in [6.45, 7) is 2.14. The highest BCUT2D eigenvalue weighted by molar-refractivity contribution is 5.93. The summed E-state index contributed by atoms with van der Waals surface area (Å²) in [6, 6.07) is 8.86. The lowest BCUT2D eigenvalue weighted by Crippen LogP contribution is -2.35. The summed E-state index contributed by atoms with van der Waals surface area (Å²) in [5, 5.41) is 13.1. The fourth-order valence-corrected chi connectivity index (χ4v) is 2.30. The van der Waals surface area contributed by atoms with Crippen molar-refractivity contribution in [2.75, 3.05) is 13.1 Å².